The maximum absolute atomic E-state index is 12.2. The molecule has 0 aliphatic rings. The van der Waals surface area contributed by atoms with Crippen molar-refractivity contribution >= 4 is 27.7 Å². The largest absolute Gasteiger partial charge is 0.493 e. The summed E-state index contributed by atoms with van der Waals surface area (Å²) in [6.07, 6.45) is 0. The van der Waals surface area contributed by atoms with Crippen LogP contribution in [0.1, 0.15) is 27.6 Å². The second-order valence-corrected chi connectivity index (χ2v) is 5.64. The lowest BCUT2D eigenvalue weighted by Gasteiger charge is -2.13. The molecule has 0 aliphatic heterocycles. The van der Waals surface area contributed by atoms with Gasteiger partial charge in [-0.3, -0.25) is 4.79 Å². The predicted molar refractivity (Wildman–Crippen MR) is 92.9 cm³/mol. The molecule has 24 heavy (non-hydrogen) atoms. The Kier molecular flexibility index (Phi) is 6.37. The van der Waals surface area contributed by atoms with Crippen LogP contribution in [0.4, 0.5) is 0 Å². The third-order valence-electron chi connectivity index (χ3n) is 3.18. The molecule has 6 heteroatoms. The summed E-state index contributed by atoms with van der Waals surface area (Å²) in [7, 11) is 1.48. The van der Waals surface area contributed by atoms with Crippen LogP contribution in [0.2, 0.25) is 0 Å². The van der Waals surface area contributed by atoms with Crippen molar-refractivity contribution < 1.29 is 23.8 Å². The van der Waals surface area contributed by atoms with E-state index in [1.165, 1.54) is 13.2 Å². The van der Waals surface area contributed by atoms with Crippen LogP contribution in [-0.2, 0) is 4.74 Å². The monoisotopic (exact) mass is 392 g/mol. The predicted octanol–water partition coefficient (Wildman–Crippen LogP) is 3.90. The molecule has 2 aromatic rings. The van der Waals surface area contributed by atoms with Crippen LogP contribution in [0.3, 0.4) is 0 Å². The summed E-state index contributed by atoms with van der Waals surface area (Å²) in [5, 5.41) is 0. The van der Waals surface area contributed by atoms with E-state index < -0.39 is 5.97 Å². The summed E-state index contributed by atoms with van der Waals surface area (Å²) in [5.41, 5.74) is 0.763. The number of ketones is 1. The topological polar surface area (TPSA) is 61.8 Å². The minimum absolute atomic E-state index is 0.263. The Bertz CT molecular complexity index is 728. The van der Waals surface area contributed by atoms with E-state index in [1.54, 1.807) is 30.3 Å². The van der Waals surface area contributed by atoms with Crippen LogP contribution in [0, 0.1) is 0 Å². The normalized spacial score (nSPS) is 10.1. The number of carbonyl (C=O) groups is 2. The van der Waals surface area contributed by atoms with Crippen LogP contribution >= 0.6 is 15.9 Å². The van der Waals surface area contributed by atoms with Gasteiger partial charge in [0.1, 0.15) is 0 Å². The third-order valence-corrected chi connectivity index (χ3v) is 3.77. The first-order chi connectivity index (χ1) is 11.6. The first-order valence-electron chi connectivity index (χ1n) is 7.32. The molecule has 0 bridgehead atoms. The molecule has 0 spiro atoms. The summed E-state index contributed by atoms with van der Waals surface area (Å²) >= 11 is 3.35. The summed E-state index contributed by atoms with van der Waals surface area (Å²) in [5.74, 6) is 0.0479. The van der Waals surface area contributed by atoms with Gasteiger partial charge in [0.25, 0.3) is 0 Å². The fraction of sp³-hybridized carbons (Fsp3) is 0.222. The number of hydrogen-bond acceptors (Lipinski definition) is 5. The van der Waals surface area contributed by atoms with E-state index in [1.807, 2.05) is 13.0 Å². The number of esters is 1. The number of benzene rings is 2. The molecule has 0 amide bonds. The molecule has 2 aromatic carbocycles. The first kappa shape index (κ1) is 18.0. The van der Waals surface area contributed by atoms with Crippen molar-refractivity contribution in [2.45, 2.75) is 6.92 Å². The number of hydrogen-bond donors (Lipinski definition) is 0. The van der Waals surface area contributed by atoms with Gasteiger partial charge >= 0.3 is 5.97 Å². The number of halogens is 1. The molecular weight excluding hydrogens is 376 g/mol. The third kappa shape index (κ3) is 4.35. The van der Waals surface area contributed by atoms with Crippen LogP contribution in [-0.4, -0.2) is 32.1 Å². The van der Waals surface area contributed by atoms with Crippen molar-refractivity contribution in [2.75, 3.05) is 20.3 Å². The molecule has 0 aromatic heterocycles. The Morgan fingerprint density at radius 1 is 1.08 bits per heavy atom. The van der Waals surface area contributed by atoms with Gasteiger partial charge in [-0.05, 0) is 35.0 Å². The Morgan fingerprint density at radius 3 is 2.42 bits per heavy atom. The minimum atomic E-state index is -0.610. The Hall–Kier alpha value is -2.34. The van der Waals surface area contributed by atoms with Crippen molar-refractivity contribution in [3.63, 3.8) is 0 Å². The van der Waals surface area contributed by atoms with E-state index in [0.717, 1.165) is 0 Å². The number of methoxy groups -OCH3 is 1. The van der Waals surface area contributed by atoms with Crippen molar-refractivity contribution in [2.24, 2.45) is 0 Å². The molecule has 126 valence electrons. The molecule has 0 aliphatic carbocycles. The number of rotatable bonds is 7. The molecular formula is C18H17BrO5. The molecule has 0 saturated heterocycles. The van der Waals surface area contributed by atoms with Crippen LogP contribution < -0.4 is 9.47 Å². The molecule has 0 unspecified atom stereocenters. The van der Waals surface area contributed by atoms with Gasteiger partial charge in [0.05, 0.1) is 23.8 Å². The molecule has 2 rings (SSSR count). The lowest BCUT2D eigenvalue weighted by molar-refractivity contribution is 0.0474. The first-order valence-corrected chi connectivity index (χ1v) is 8.11. The van der Waals surface area contributed by atoms with E-state index in [-0.39, 0.29) is 18.0 Å². The Balaban J connectivity index is 2.10. The number of Topliss-reactive ketones (excluding diaryl/α,β-unsaturated/α-hetero) is 1. The fourth-order valence-electron chi connectivity index (χ4n) is 2.04. The minimum Gasteiger partial charge on any atom is -0.493 e. The standard InChI is InChI=1S/C18H17BrO5/c1-3-23-17-14(19)9-13(10-16(17)22-2)18(21)24-11-15(20)12-7-5-4-6-8-12/h4-10H,3,11H2,1-2H3. The van der Waals surface area contributed by atoms with Crippen LogP contribution in [0.15, 0.2) is 46.9 Å². The highest BCUT2D eigenvalue weighted by Crippen LogP contribution is 2.36. The van der Waals surface area contributed by atoms with E-state index in [0.29, 0.717) is 28.1 Å². The van der Waals surface area contributed by atoms with E-state index in [2.05, 4.69) is 15.9 Å². The zero-order valence-electron chi connectivity index (χ0n) is 13.4. The van der Waals surface area contributed by atoms with Gasteiger partial charge in [-0.15, -0.1) is 0 Å². The van der Waals surface area contributed by atoms with Gasteiger partial charge in [-0.2, -0.15) is 0 Å². The molecule has 0 N–H and O–H groups in total. The lowest BCUT2D eigenvalue weighted by Crippen LogP contribution is -2.14. The Labute approximate surface area is 148 Å². The average molecular weight is 393 g/mol. The van der Waals surface area contributed by atoms with E-state index >= 15 is 0 Å². The van der Waals surface area contributed by atoms with Gasteiger partial charge < -0.3 is 14.2 Å². The molecule has 0 saturated carbocycles. The fourth-order valence-corrected chi connectivity index (χ4v) is 2.60. The van der Waals surface area contributed by atoms with Crippen molar-refractivity contribution in [3.05, 3.63) is 58.1 Å². The maximum Gasteiger partial charge on any atom is 0.338 e. The Morgan fingerprint density at radius 2 is 1.79 bits per heavy atom. The van der Waals surface area contributed by atoms with Gasteiger partial charge in [0.2, 0.25) is 0 Å². The van der Waals surface area contributed by atoms with Crippen molar-refractivity contribution in [1.82, 2.24) is 0 Å². The summed E-state index contributed by atoms with van der Waals surface area (Å²) < 4.78 is 16.4. The smallest absolute Gasteiger partial charge is 0.338 e. The van der Waals surface area contributed by atoms with Crippen molar-refractivity contribution in [1.29, 1.82) is 0 Å². The maximum atomic E-state index is 12.2. The number of ether oxygens (including phenoxy) is 3. The van der Waals surface area contributed by atoms with Crippen molar-refractivity contribution in [3.8, 4) is 11.5 Å². The van der Waals surface area contributed by atoms with Crippen LogP contribution in [0.5, 0.6) is 11.5 Å². The van der Waals surface area contributed by atoms with Gasteiger partial charge in [0, 0.05) is 5.56 Å². The highest BCUT2D eigenvalue weighted by Gasteiger charge is 2.17. The highest BCUT2D eigenvalue weighted by molar-refractivity contribution is 9.10. The second kappa shape index (κ2) is 8.49. The van der Waals surface area contributed by atoms with E-state index in [4.69, 9.17) is 14.2 Å². The van der Waals surface area contributed by atoms with Gasteiger partial charge in [-0.25, -0.2) is 4.79 Å². The second-order valence-electron chi connectivity index (χ2n) is 4.79. The summed E-state index contributed by atoms with van der Waals surface area (Å²) in [4.78, 5) is 24.2. The lowest BCUT2D eigenvalue weighted by atomic mass is 10.1. The zero-order valence-corrected chi connectivity index (χ0v) is 15.0. The molecule has 0 atom stereocenters. The average Bonchev–Trinajstić information content (AvgIpc) is 2.61. The molecule has 0 fully saturated rings. The van der Waals surface area contributed by atoms with Gasteiger partial charge in [0.15, 0.2) is 23.9 Å². The molecule has 0 radical (unpaired) electrons. The highest BCUT2D eigenvalue weighted by atomic mass is 79.9. The van der Waals surface area contributed by atoms with Gasteiger partial charge in [-0.1, -0.05) is 30.3 Å². The quantitative estimate of drug-likeness (QED) is 0.528. The molecule has 5 nitrogen and oxygen atoms in total. The number of carbonyl (C=O) groups excluding carboxylic acids is 2. The van der Waals surface area contributed by atoms with Crippen LogP contribution in [0.25, 0.3) is 0 Å². The van der Waals surface area contributed by atoms with E-state index in [9.17, 15) is 9.59 Å². The zero-order chi connectivity index (χ0) is 17.5. The molecule has 0 heterocycles. The summed E-state index contributed by atoms with van der Waals surface area (Å²) in [6, 6.07) is 11.8. The summed E-state index contributed by atoms with van der Waals surface area (Å²) in [6.45, 7) is 1.99. The SMILES string of the molecule is CCOc1c(Br)cc(C(=O)OCC(=O)c2ccccc2)cc1OC.